The number of aromatic nitrogens is 2. The van der Waals surface area contributed by atoms with Gasteiger partial charge in [0, 0.05) is 48.4 Å². The molecule has 4 rings (SSSR count). The van der Waals surface area contributed by atoms with Gasteiger partial charge in [0.15, 0.2) is 4.77 Å². The second kappa shape index (κ2) is 6.93. The second-order valence-corrected chi connectivity index (χ2v) is 8.20. The number of rotatable bonds is 5. The third-order valence-corrected chi connectivity index (χ3v) is 6.36. The van der Waals surface area contributed by atoms with Gasteiger partial charge >= 0.3 is 0 Å². The largest absolute Gasteiger partial charge is 0.334 e. The Kier molecular flexibility index (Phi) is 4.81. The molecule has 2 N–H and O–H groups in total. The molecule has 7 heteroatoms. The van der Waals surface area contributed by atoms with Gasteiger partial charge in [-0.25, -0.2) is 8.78 Å². The average Bonchev–Trinajstić information content (AvgIpc) is 3.08. The van der Waals surface area contributed by atoms with Gasteiger partial charge in [-0.05, 0) is 59.5 Å². The average molecular weight is 428 g/mol. The van der Waals surface area contributed by atoms with Crippen molar-refractivity contribution in [2.24, 2.45) is 0 Å². The topological polar surface area (TPSA) is 32.8 Å². The zero-order valence-corrected chi connectivity index (χ0v) is 16.2. The highest BCUT2D eigenvalue weighted by molar-refractivity contribution is 9.10. The highest BCUT2D eigenvalue weighted by Crippen LogP contribution is 2.36. The van der Waals surface area contributed by atoms with E-state index in [4.69, 9.17) is 12.2 Å². The van der Waals surface area contributed by atoms with Gasteiger partial charge in [0.05, 0.1) is 4.47 Å². The Morgan fingerprint density at radius 1 is 1.32 bits per heavy atom. The minimum atomic E-state index is -0.501. The van der Waals surface area contributed by atoms with Crippen molar-refractivity contribution in [1.82, 2.24) is 14.9 Å². The molecule has 1 aliphatic heterocycles. The van der Waals surface area contributed by atoms with Crippen LogP contribution in [0.4, 0.5) is 8.78 Å². The second-order valence-electron chi connectivity index (χ2n) is 6.96. The monoisotopic (exact) mass is 427 g/mol. The lowest BCUT2D eigenvalue weighted by Gasteiger charge is -2.26. The van der Waals surface area contributed by atoms with Gasteiger partial charge in [-0.15, -0.1) is 0 Å². The van der Waals surface area contributed by atoms with Gasteiger partial charge in [0.25, 0.3) is 0 Å². The molecule has 0 unspecified atom stereocenters. The molecule has 3 nitrogen and oxygen atoms in total. The number of benzene rings is 1. The number of nitrogens with one attached hydrogen (secondary N) is 2. The van der Waals surface area contributed by atoms with Crippen LogP contribution in [0.5, 0.6) is 0 Å². The number of imidazole rings is 1. The van der Waals surface area contributed by atoms with Crippen LogP contribution in [0.25, 0.3) is 0 Å². The fourth-order valence-corrected chi connectivity index (χ4v) is 4.48. The number of hydrogen-bond acceptors (Lipinski definition) is 2. The highest BCUT2D eigenvalue weighted by Gasteiger charge is 2.31. The molecule has 0 radical (unpaired) electrons. The SMILES string of the molecule is Fc1ccc(Br)c(F)c1[C@@H]1Cc2c(CCNC3CCC3)[nH]c(=S)n2C1. The van der Waals surface area contributed by atoms with Crippen LogP contribution in [0, 0.1) is 16.4 Å². The van der Waals surface area contributed by atoms with Crippen LogP contribution in [-0.4, -0.2) is 22.1 Å². The number of halogens is 3. The summed E-state index contributed by atoms with van der Waals surface area (Å²) in [6.45, 7) is 1.42. The van der Waals surface area contributed by atoms with E-state index >= 15 is 0 Å². The molecule has 2 aliphatic rings. The predicted molar refractivity (Wildman–Crippen MR) is 99.5 cm³/mol. The molecule has 1 aromatic heterocycles. The Balaban J connectivity index is 1.53. The van der Waals surface area contributed by atoms with Gasteiger partial charge in [-0.1, -0.05) is 6.42 Å². The van der Waals surface area contributed by atoms with E-state index in [1.807, 2.05) is 4.57 Å². The Labute approximate surface area is 159 Å². The first-order valence-corrected chi connectivity index (χ1v) is 9.92. The van der Waals surface area contributed by atoms with Crippen molar-refractivity contribution in [1.29, 1.82) is 0 Å². The molecule has 134 valence electrons. The number of fused-ring (bicyclic) bond motifs is 1. The van der Waals surface area contributed by atoms with E-state index < -0.39 is 11.6 Å². The minimum absolute atomic E-state index is 0.158. The molecule has 25 heavy (non-hydrogen) atoms. The van der Waals surface area contributed by atoms with Crippen molar-refractivity contribution in [3.63, 3.8) is 0 Å². The van der Waals surface area contributed by atoms with Crippen LogP contribution in [-0.2, 0) is 19.4 Å². The summed E-state index contributed by atoms with van der Waals surface area (Å²) in [6.07, 6.45) is 5.29. The molecule has 1 fully saturated rings. The molecule has 1 atom stereocenters. The molecule has 1 aromatic carbocycles. The van der Waals surface area contributed by atoms with Gasteiger partial charge in [0.2, 0.25) is 0 Å². The van der Waals surface area contributed by atoms with Gasteiger partial charge in [-0.2, -0.15) is 0 Å². The summed E-state index contributed by atoms with van der Waals surface area (Å²) in [5.41, 5.74) is 2.34. The Hall–Kier alpha value is -1.05. The standard InChI is InChI=1S/C18H20BrF2N3S/c19-12-4-5-13(20)16(17(12)21)10-8-15-14(23-18(25)24(15)9-10)6-7-22-11-2-1-3-11/h4-5,10-11,22H,1-3,6-9H2,(H,23,25)/t10-/m1/s1. The molecule has 0 saturated heterocycles. The van der Waals surface area contributed by atoms with Crippen molar-refractivity contribution >= 4 is 28.1 Å². The van der Waals surface area contributed by atoms with E-state index in [9.17, 15) is 8.78 Å². The van der Waals surface area contributed by atoms with Gasteiger partial charge in [-0.3, -0.25) is 0 Å². The first-order valence-electron chi connectivity index (χ1n) is 8.72. The Morgan fingerprint density at radius 3 is 2.84 bits per heavy atom. The van der Waals surface area contributed by atoms with Crippen LogP contribution in [0.1, 0.15) is 42.1 Å². The van der Waals surface area contributed by atoms with E-state index in [1.165, 1.54) is 31.4 Å². The normalized spacial score (nSPS) is 19.9. The van der Waals surface area contributed by atoms with Crippen LogP contribution in [0.2, 0.25) is 0 Å². The zero-order chi connectivity index (χ0) is 17.6. The number of H-pyrrole nitrogens is 1. The lowest BCUT2D eigenvalue weighted by molar-refractivity contribution is 0.341. The van der Waals surface area contributed by atoms with E-state index in [2.05, 4.69) is 26.2 Å². The Bertz CT molecular complexity index is 857. The van der Waals surface area contributed by atoms with Crippen LogP contribution < -0.4 is 5.32 Å². The zero-order valence-electron chi connectivity index (χ0n) is 13.7. The van der Waals surface area contributed by atoms with Gasteiger partial charge < -0.3 is 14.9 Å². The smallest absolute Gasteiger partial charge is 0.177 e. The van der Waals surface area contributed by atoms with Crippen molar-refractivity contribution < 1.29 is 8.78 Å². The fraction of sp³-hybridized carbons (Fsp3) is 0.500. The highest BCUT2D eigenvalue weighted by atomic mass is 79.9. The summed E-state index contributed by atoms with van der Waals surface area (Å²) in [6, 6.07) is 3.38. The molecular weight excluding hydrogens is 408 g/mol. The molecule has 0 amide bonds. The van der Waals surface area contributed by atoms with Crippen molar-refractivity contribution in [3.8, 4) is 0 Å². The number of nitrogens with zero attached hydrogens (tertiary/aromatic N) is 1. The summed E-state index contributed by atoms with van der Waals surface area (Å²) in [7, 11) is 0. The number of aromatic amines is 1. The molecule has 0 spiro atoms. The van der Waals surface area contributed by atoms with E-state index in [-0.39, 0.29) is 11.5 Å². The van der Waals surface area contributed by atoms with Crippen molar-refractivity contribution in [3.05, 3.63) is 50.0 Å². The summed E-state index contributed by atoms with van der Waals surface area (Å²) >= 11 is 8.58. The molecule has 2 heterocycles. The maximum absolute atomic E-state index is 14.4. The van der Waals surface area contributed by atoms with Crippen molar-refractivity contribution in [2.45, 2.75) is 50.6 Å². The fourth-order valence-electron chi connectivity index (χ4n) is 3.83. The third kappa shape index (κ3) is 3.22. The van der Waals surface area contributed by atoms with Crippen molar-refractivity contribution in [2.75, 3.05) is 6.54 Å². The maximum Gasteiger partial charge on any atom is 0.177 e. The quantitative estimate of drug-likeness (QED) is 0.539. The lowest BCUT2D eigenvalue weighted by Crippen LogP contribution is -2.36. The number of hydrogen-bond donors (Lipinski definition) is 2. The summed E-state index contributed by atoms with van der Waals surface area (Å²) in [5.74, 6) is -1.21. The predicted octanol–water partition coefficient (Wildman–Crippen LogP) is 4.61. The maximum atomic E-state index is 14.4. The van der Waals surface area contributed by atoms with Crippen LogP contribution >= 0.6 is 28.1 Å². The van der Waals surface area contributed by atoms with Crippen LogP contribution in [0.3, 0.4) is 0 Å². The van der Waals surface area contributed by atoms with Gasteiger partial charge in [0.1, 0.15) is 11.6 Å². The van der Waals surface area contributed by atoms with E-state index in [0.29, 0.717) is 28.3 Å². The summed E-state index contributed by atoms with van der Waals surface area (Å²) in [5, 5.41) is 3.55. The molecule has 1 aliphatic carbocycles. The van der Waals surface area contributed by atoms with E-state index in [0.717, 1.165) is 24.4 Å². The molecular formula is C18H20BrF2N3S. The minimum Gasteiger partial charge on any atom is -0.334 e. The first-order chi connectivity index (χ1) is 12.0. The summed E-state index contributed by atoms with van der Waals surface area (Å²) < 4.78 is 31.6. The molecule has 1 saturated carbocycles. The van der Waals surface area contributed by atoms with Crippen LogP contribution in [0.15, 0.2) is 16.6 Å². The summed E-state index contributed by atoms with van der Waals surface area (Å²) in [4.78, 5) is 3.28. The lowest BCUT2D eigenvalue weighted by atomic mass is 9.93. The first kappa shape index (κ1) is 17.4. The van der Waals surface area contributed by atoms with E-state index in [1.54, 1.807) is 0 Å². The molecule has 2 aromatic rings. The third-order valence-electron chi connectivity index (χ3n) is 5.42. The Morgan fingerprint density at radius 2 is 2.12 bits per heavy atom. The molecule has 0 bridgehead atoms.